The van der Waals surface area contributed by atoms with Gasteiger partial charge in [0.1, 0.15) is 12.4 Å². The van der Waals surface area contributed by atoms with Crippen molar-refractivity contribution in [3.8, 4) is 5.75 Å². The first-order valence-electron chi connectivity index (χ1n) is 8.79. The maximum absolute atomic E-state index is 12.7. The van der Waals surface area contributed by atoms with E-state index >= 15 is 0 Å². The smallest absolute Gasteiger partial charge is 0.255 e. The Hall–Kier alpha value is -2.34. The van der Waals surface area contributed by atoms with Gasteiger partial charge >= 0.3 is 0 Å². The topological polar surface area (TPSA) is 76.4 Å². The van der Waals surface area contributed by atoms with Gasteiger partial charge in [-0.05, 0) is 32.8 Å². The Morgan fingerprint density at radius 2 is 2.16 bits per heavy atom. The Bertz CT molecular complexity index is 735. The fourth-order valence-electron chi connectivity index (χ4n) is 2.94. The van der Waals surface area contributed by atoms with Crippen LogP contribution in [0.4, 0.5) is 0 Å². The van der Waals surface area contributed by atoms with Crippen LogP contribution in [0.3, 0.4) is 0 Å². The van der Waals surface area contributed by atoms with Crippen LogP contribution in [0.25, 0.3) is 0 Å². The zero-order valence-corrected chi connectivity index (χ0v) is 14.7. The number of nitrogens with one attached hydrogen (secondary N) is 1. The monoisotopic (exact) mass is 343 g/mol. The van der Waals surface area contributed by atoms with Gasteiger partial charge in [-0.25, -0.2) is 0 Å². The molecule has 6 heteroatoms. The van der Waals surface area contributed by atoms with E-state index in [1.807, 2.05) is 28.9 Å². The molecule has 0 atom stereocenters. The lowest BCUT2D eigenvalue weighted by atomic mass is 10.1. The molecule has 1 saturated carbocycles. The second kappa shape index (κ2) is 7.70. The number of carbonyl (C=O) groups is 1. The summed E-state index contributed by atoms with van der Waals surface area (Å²) in [5.74, 6) is 1.02. The Labute approximate surface area is 147 Å². The first kappa shape index (κ1) is 17.5. The van der Waals surface area contributed by atoms with Gasteiger partial charge in [-0.1, -0.05) is 18.2 Å². The number of nitrogens with zero attached hydrogens (tertiary/aromatic N) is 2. The van der Waals surface area contributed by atoms with E-state index in [2.05, 4.69) is 24.3 Å². The number of rotatable bonds is 8. The van der Waals surface area contributed by atoms with Crippen LogP contribution in [0.2, 0.25) is 0 Å². The number of ether oxygens (including phenoxy) is 1. The number of amides is 1. The molecular weight excluding hydrogens is 318 g/mol. The van der Waals surface area contributed by atoms with E-state index in [4.69, 9.17) is 9.84 Å². The van der Waals surface area contributed by atoms with E-state index in [-0.39, 0.29) is 25.2 Å². The molecule has 1 aliphatic rings. The van der Waals surface area contributed by atoms with Gasteiger partial charge in [0.15, 0.2) is 0 Å². The summed E-state index contributed by atoms with van der Waals surface area (Å²) in [5.41, 5.74) is 2.61. The van der Waals surface area contributed by atoms with Gasteiger partial charge in [0.2, 0.25) is 0 Å². The maximum atomic E-state index is 12.7. The van der Waals surface area contributed by atoms with Crippen molar-refractivity contribution in [2.75, 3.05) is 13.2 Å². The molecule has 0 bridgehead atoms. The van der Waals surface area contributed by atoms with Crippen LogP contribution in [0.5, 0.6) is 5.75 Å². The minimum absolute atomic E-state index is 0.0418. The van der Waals surface area contributed by atoms with Gasteiger partial charge in [-0.15, -0.1) is 0 Å². The molecule has 6 nitrogen and oxygen atoms in total. The summed E-state index contributed by atoms with van der Waals surface area (Å²) in [4.78, 5) is 12.7. The minimum Gasteiger partial charge on any atom is -0.491 e. The van der Waals surface area contributed by atoms with E-state index < -0.39 is 0 Å². The molecule has 25 heavy (non-hydrogen) atoms. The molecule has 134 valence electrons. The number of aliphatic hydroxyl groups excluding tert-OH is 1. The fraction of sp³-hybridized carbons (Fsp3) is 0.474. The largest absolute Gasteiger partial charge is 0.491 e. The minimum atomic E-state index is -0.106. The third-order valence-electron chi connectivity index (χ3n) is 4.29. The molecule has 1 fully saturated rings. The van der Waals surface area contributed by atoms with Crippen LogP contribution >= 0.6 is 0 Å². The maximum Gasteiger partial charge on any atom is 0.255 e. The molecular formula is C19H25N3O3. The standard InChI is InChI=1S/C19H25N3O3/c1-13(2)22-18(14-7-8-14)16(12-21-22)19(24)20-11-15-5-3-4-6-17(15)25-10-9-23/h3-6,12-14,23H,7-11H2,1-2H3,(H,20,24). The fourth-order valence-corrected chi connectivity index (χ4v) is 2.94. The zero-order chi connectivity index (χ0) is 17.8. The van der Waals surface area contributed by atoms with Crippen molar-refractivity contribution in [1.29, 1.82) is 0 Å². The van der Waals surface area contributed by atoms with Crippen molar-refractivity contribution >= 4 is 5.91 Å². The zero-order valence-electron chi connectivity index (χ0n) is 14.7. The van der Waals surface area contributed by atoms with Crippen LogP contribution in [0.1, 0.15) is 60.3 Å². The molecule has 1 amide bonds. The van der Waals surface area contributed by atoms with Crippen molar-refractivity contribution in [3.63, 3.8) is 0 Å². The van der Waals surface area contributed by atoms with E-state index in [9.17, 15) is 4.79 Å². The van der Waals surface area contributed by atoms with Gasteiger partial charge in [-0.3, -0.25) is 9.48 Å². The van der Waals surface area contributed by atoms with Gasteiger partial charge in [0.05, 0.1) is 24.1 Å². The SMILES string of the molecule is CC(C)n1ncc(C(=O)NCc2ccccc2OCCO)c1C1CC1. The summed E-state index contributed by atoms with van der Waals surface area (Å²) in [6, 6.07) is 7.76. The second-order valence-electron chi connectivity index (χ2n) is 6.62. The number of para-hydroxylation sites is 1. The number of aliphatic hydroxyl groups is 1. The predicted molar refractivity (Wildman–Crippen MR) is 94.8 cm³/mol. The van der Waals surface area contributed by atoms with Crippen molar-refractivity contribution in [3.05, 3.63) is 47.3 Å². The average Bonchev–Trinajstić information content (AvgIpc) is 3.35. The molecule has 0 radical (unpaired) electrons. The number of aromatic nitrogens is 2. The summed E-state index contributed by atoms with van der Waals surface area (Å²) in [6.45, 7) is 4.72. The molecule has 0 saturated heterocycles. The number of hydrogen-bond acceptors (Lipinski definition) is 4. The summed E-state index contributed by atoms with van der Waals surface area (Å²) < 4.78 is 7.48. The van der Waals surface area contributed by atoms with Crippen molar-refractivity contribution < 1.29 is 14.6 Å². The van der Waals surface area contributed by atoms with E-state index in [0.717, 1.165) is 24.1 Å². The first-order valence-corrected chi connectivity index (χ1v) is 8.79. The molecule has 1 heterocycles. The van der Waals surface area contributed by atoms with Gasteiger partial charge in [0, 0.05) is 24.1 Å². The molecule has 1 aliphatic carbocycles. The van der Waals surface area contributed by atoms with Crippen LogP contribution in [-0.2, 0) is 6.54 Å². The Morgan fingerprint density at radius 3 is 2.84 bits per heavy atom. The average molecular weight is 343 g/mol. The summed E-state index contributed by atoms with van der Waals surface area (Å²) >= 11 is 0. The Kier molecular flexibility index (Phi) is 5.38. The summed E-state index contributed by atoms with van der Waals surface area (Å²) in [5, 5.41) is 16.3. The van der Waals surface area contributed by atoms with Gasteiger partial charge in [0.25, 0.3) is 5.91 Å². The van der Waals surface area contributed by atoms with Crippen LogP contribution in [-0.4, -0.2) is 34.0 Å². The molecule has 2 N–H and O–H groups in total. The molecule has 1 aromatic carbocycles. The molecule has 2 aromatic rings. The number of benzene rings is 1. The van der Waals surface area contributed by atoms with Crippen LogP contribution < -0.4 is 10.1 Å². The van der Waals surface area contributed by atoms with Crippen LogP contribution in [0, 0.1) is 0 Å². The Balaban J connectivity index is 1.72. The highest BCUT2D eigenvalue weighted by Crippen LogP contribution is 2.42. The van der Waals surface area contributed by atoms with Gasteiger partial charge in [-0.2, -0.15) is 5.10 Å². The second-order valence-corrected chi connectivity index (χ2v) is 6.62. The van der Waals surface area contributed by atoms with Crippen molar-refractivity contribution in [2.45, 2.75) is 45.2 Å². The normalized spacial score (nSPS) is 13.9. The van der Waals surface area contributed by atoms with Crippen molar-refractivity contribution in [1.82, 2.24) is 15.1 Å². The lowest BCUT2D eigenvalue weighted by Crippen LogP contribution is -2.24. The van der Waals surface area contributed by atoms with Crippen LogP contribution in [0.15, 0.2) is 30.5 Å². The third-order valence-corrected chi connectivity index (χ3v) is 4.29. The van der Waals surface area contributed by atoms with Gasteiger partial charge < -0.3 is 15.2 Å². The lowest BCUT2D eigenvalue weighted by Gasteiger charge is -2.13. The third kappa shape index (κ3) is 4.02. The molecule has 0 aliphatic heterocycles. The summed E-state index contributed by atoms with van der Waals surface area (Å²) in [7, 11) is 0. The molecule has 0 unspecified atom stereocenters. The molecule has 0 spiro atoms. The first-order chi connectivity index (χ1) is 12.1. The predicted octanol–water partition coefficient (Wildman–Crippen LogP) is 2.64. The van der Waals surface area contributed by atoms with E-state index in [0.29, 0.717) is 23.8 Å². The molecule has 3 rings (SSSR count). The number of carbonyl (C=O) groups excluding carboxylic acids is 1. The lowest BCUT2D eigenvalue weighted by molar-refractivity contribution is 0.0949. The van der Waals surface area contributed by atoms with E-state index in [1.165, 1.54) is 0 Å². The van der Waals surface area contributed by atoms with Crippen molar-refractivity contribution in [2.24, 2.45) is 0 Å². The highest BCUT2D eigenvalue weighted by Gasteiger charge is 2.32. The quantitative estimate of drug-likeness (QED) is 0.772. The molecule has 1 aromatic heterocycles. The Morgan fingerprint density at radius 1 is 1.40 bits per heavy atom. The van der Waals surface area contributed by atoms with E-state index in [1.54, 1.807) is 6.20 Å². The summed E-state index contributed by atoms with van der Waals surface area (Å²) in [6.07, 6.45) is 3.92. The highest BCUT2D eigenvalue weighted by atomic mass is 16.5. The highest BCUT2D eigenvalue weighted by molar-refractivity contribution is 5.95. The number of hydrogen-bond donors (Lipinski definition) is 2.